The van der Waals surface area contributed by atoms with Crippen molar-refractivity contribution in [2.75, 3.05) is 20.1 Å². The molecule has 2 atom stereocenters. The Balaban J connectivity index is 0.000000336. The summed E-state index contributed by atoms with van der Waals surface area (Å²) in [5.41, 5.74) is 0.673. The molecule has 0 aromatic rings. The predicted molar refractivity (Wildman–Crippen MR) is 54.2 cm³/mol. The summed E-state index contributed by atoms with van der Waals surface area (Å²) in [4.78, 5) is 2.48. The van der Waals surface area contributed by atoms with Gasteiger partial charge in [-0.3, -0.25) is 0 Å². The molecule has 2 bridgehead atoms. The van der Waals surface area contributed by atoms with E-state index in [-0.39, 0.29) is 0 Å². The molecule has 1 saturated carbocycles. The predicted octanol–water partition coefficient (Wildman–Crippen LogP) is 2.62. The van der Waals surface area contributed by atoms with Gasteiger partial charge in [-0.25, -0.2) is 0 Å². The topological polar surface area (TPSA) is 3.24 Å². The maximum atomic E-state index is 2.48. The van der Waals surface area contributed by atoms with E-state index in [1.54, 1.807) is 0 Å². The minimum absolute atomic E-state index is 0.673. The summed E-state index contributed by atoms with van der Waals surface area (Å²) in [6.07, 6.45) is 1.50. The molecule has 0 aromatic heterocycles. The lowest BCUT2D eigenvalue weighted by Gasteiger charge is -2.59. The first-order valence-corrected chi connectivity index (χ1v) is 5.29. The first kappa shape index (κ1) is 10.0. The van der Waals surface area contributed by atoms with Crippen LogP contribution in [0.1, 0.15) is 34.1 Å². The van der Waals surface area contributed by atoms with E-state index < -0.39 is 0 Å². The fourth-order valence-corrected chi connectivity index (χ4v) is 2.57. The van der Waals surface area contributed by atoms with E-state index in [9.17, 15) is 0 Å². The van der Waals surface area contributed by atoms with Crippen molar-refractivity contribution in [3.63, 3.8) is 0 Å². The number of fused-ring (bicyclic) bond motifs is 2. The third-order valence-corrected chi connectivity index (χ3v) is 3.74. The Labute approximate surface area is 77.1 Å². The molecular weight excluding hydrogens is 146 g/mol. The van der Waals surface area contributed by atoms with Crippen LogP contribution in [0.2, 0.25) is 0 Å². The van der Waals surface area contributed by atoms with Crippen LogP contribution >= 0.6 is 0 Å². The Morgan fingerprint density at radius 3 is 1.75 bits per heavy atom. The van der Waals surface area contributed by atoms with Gasteiger partial charge in [-0.05, 0) is 30.7 Å². The van der Waals surface area contributed by atoms with Crippen molar-refractivity contribution < 1.29 is 0 Å². The molecule has 1 heteroatoms. The second-order valence-electron chi connectivity index (χ2n) is 4.67. The van der Waals surface area contributed by atoms with Crippen molar-refractivity contribution in [2.45, 2.75) is 34.1 Å². The van der Waals surface area contributed by atoms with Crippen LogP contribution in [0.3, 0.4) is 0 Å². The van der Waals surface area contributed by atoms with Crippen molar-refractivity contribution in [3.8, 4) is 0 Å². The summed E-state index contributed by atoms with van der Waals surface area (Å²) >= 11 is 0. The Hall–Kier alpha value is -0.0400. The lowest BCUT2D eigenvalue weighted by Crippen LogP contribution is -2.58. The SMILES string of the molecule is CC.CN1CC2CC(C1)C2(C)C. The molecule has 1 nitrogen and oxygen atoms in total. The van der Waals surface area contributed by atoms with Gasteiger partial charge in [0.05, 0.1) is 0 Å². The van der Waals surface area contributed by atoms with Gasteiger partial charge in [0.25, 0.3) is 0 Å². The molecule has 3 rings (SSSR count). The number of piperidine rings is 2. The molecule has 0 amide bonds. The molecule has 2 saturated heterocycles. The number of hydrogen-bond donors (Lipinski definition) is 0. The maximum absolute atomic E-state index is 2.48. The maximum Gasteiger partial charge on any atom is 0.00121 e. The number of nitrogens with zero attached hydrogens (tertiary/aromatic N) is 1. The molecule has 2 aliphatic heterocycles. The highest BCUT2D eigenvalue weighted by molar-refractivity contribution is 5.02. The van der Waals surface area contributed by atoms with Gasteiger partial charge in [0.1, 0.15) is 0 Å². The molecule has 0 N–H and O–H groups in total. The monoisotopic (exact) mass is 169 g/mol. The van der Waals surface area contributed by atoms with E-state index in [0.717, 1.165) is 11.8 Å². The molecule has 3 fully saturated rings. The molecule has 3 aliphatic rings. The van der Waals surface area contributed by atoms with Crippen LogP contribution < -0.4 is 0 Å². The highest BCUT2D eigenvalue weighted by Crippen LogP contribution is 2.54. The van der Waals surface area contributed by atoms with Gasteiger partial charge >= 0.3 is 0 Å². The van der Waals surface area contributed by atoms with Gasteiger partial charge in [0, 0.05) is 13.1 Å². The van der Waals surface area contributed by atoms with E-state index in [4.69, 9.17) is 0 Å². The lowest BCUT2D eigenvalue weighted by molar-refractivity contribution is -0.0971. The van der Waals surface area contributed by atoms with E-state index in [1.165, 1.54) is 19.5 Å². The molecule has 2 unspecified atom stereocenters. The highest BCUT2D eigenvalue weighted by atomic mass is 15.1. The van der Waals surface area contributed by atoms with Crippen molar-refractivity contribution >= 4 is 0 Å². The average Bonchev–Trinajstić information content (AvgIpc) is 2.08. The first-order valence-electron chi connectivity index (χ1n) is 5.29. The Morgan fingerprint density at radius 2 is 1.50 bits per heavy atom. The van der Waals surface area contributed by atoms with Crippen LogP contribution in [0, 0.1) is 17.3 Å². The van der Waals surface area contributed by atoms with Crippen molar-refractivity contribution in [2.24, 2.45) is 17.3 Å². The molecule has 72 valence electrons. The van der Waals surface area contributed by atoms with Crippen molar-refractivity contribution in [1.29, 1.82) is 0 Å². The van der Waals surface area contributed by atoms with Crippen LogP contribution in [-0.4, -0.2) is 25.0 Å². The molecule has 0 spiro atoms. The van der Waals surface area contributed by atoms with Gasteiger partial charge in [-0.15, -0.1) is 0 Å². The van der Waals surface area contributed by atoms with Crippen molar-refractivity contribution in [3.05, 3.63) is 0 Å². The standard InChI is InChI=1S/C9H17N.C2H6/c1-9(2)7-4-8(9)6-10(3)5-7;1-2/h7-8H,4-6H2,1-3H3;1-2H3. The molecule has 1 aliphatic carbocycles. The fourth-order valence-electron chi connectivity index (χ4n) is 2.57. The molecule has 12 heavy (non-hydrogen) atoms. The lowest BCUT2D eigenvalue weighted by atomic mass is 9.52. The fraction of sp³-hybridized carbons (Fsp3) is 1.00. The molecule has 2 heterocycles. The second-order valence-corrected chi connectivity index (χ2v) is 4.67. The van der Waals surface area contributed by atoms with Crippen molar-refractivity contribution in [1.82, 2.24) is 4.90 Å². The van der Waals surface area contributed by atoms with Gasteiger partial charge in [0.2, 0.25) is 0 Å². The van der Waals surface area contributed by atoms with E-state index in [1.807, 2.05) is 13.8 Å². The zero-order chi connectivity index (χ0) is 9.35. The highest BCUT2D eigenvalue weighted by Gasteiger charge is 2.51. The van der Waals surface area contributed by atoms with Crippen LogP contribution in [0.5, 0.6) is 0 Å². The Morgan fingerprint density at radius 1 is 1.08 bits per heavy atom. The van der Waals surface area contributed by atoms with Gasteiger partial charge < -0.3 is 4.90 Å². The largest absolute Gasteiger partial charge is 0.306 e. The smallest absolute Gasteiger partial charge is 0.00121 e. The zero-order valence-corrected chi connectivity index (χ0v) is 9.22. The minimum Gasteiger partial charge on any atom is -0.306 e. The Bertz CT molecular complexity index is 137. The van der Waals surface area contributed by atoms with Crippen LogP contribution in [0.15, 0.2) is 0 Å². The summed E-state index contributed by atoms with van der Waals surface area (Å²) < 4.78 is 0. The molecular formula is C11H23N. The summed E-state index contributed by atoms with van der Waals surface area (Å²) in [6, 6.07) is 0. The minimum atomic E-state index is 0.673. The van der Waals surface area contributed by atoms with E-state index >= 15 is 0 Å². The molecule has 0 radical (unpaired) electrons. The van der Waals surface area contributed by atoms with Gasteiger partial charge in [0.15, 0.2) is 0 Å². The van der Waals surface area contributed by atoms with E-state index in [2.05, 4.69) is 25.8 Å². The van der Waals surface area contributed by atoms with Gasteiger partial charge in [-0.2, -0.15) is 0 Å². The zero-order valence-electron chi connectivity index (χ0n) is 9.22. The third kappa shape index (κ3) is 1.39. The quantitative estimate of drug-likeness (QED) is 0.539. The van der Waals surface area contributed by atoms with E-state index in [0.29, 0.717) is 5.41 Å². The summed E-state index contributed by atoms with van der Waals surface area (Å²) in [5, 5.41) is 0. The van der Waals surface area contributed by atoms with Crippen LogP contribution in [-0.2, 0) is 0 Å². The number of hydrogen-bond acceptors (Lipinski definition) is 1. The summed E-state index contributed by atoms with van der Waals surface area (Å²) in [7, 11) is 2.24. The first-order chi connectivity index (χ1) is 5.60. The normalized spacial score (nSPS) is 37.8. The third-order valence-electron chi connectivity index (χ3n) is 3.74. The Kier molecular flexibility index (Phi) is 2.82. The summed E-state index contributed by atoms with van der Waals surface area (Å²) in [5.74, 6) is 1.99. The van der Waals surface area contributed by atoms with Crippen LogP contribution in [0.25, 0.3) is 0 Å². The molecule has 0 aromatic carbocycles. The van der Waals surface area contributed by atoms with Gasteiger partial charge in [-0.1, -0.05) is 27.7 Å². The average molecular weight is 169 g/mol. The van der Waals surface area contributed by atoms with Crippen LogP contribution in [0.4, 0.5) is 0 Å². The second kappa shape index (κ2) is 3.37. The number of rotatable bonds is 0. The summed E-state index contributed by atoms with van der Waals surface area (Å²) in [6.45, 7) is 11.5.